The van der Waals surface area contributed by atoms with Crippen molar-refractivity contribution < 1.29 is 0 Å². The van der Waals surface area contributed by atoms with E-state index in [1.54, 1.807) is 6.07 Å². The number of aromatic nitrogens is 2. The highest BCUT2D eigenvalue weighted by Crippen LogP contribution is 2.29. The molecule has 5 heteroatoms. The Morgan fingerprint density at radius 2 is 2.21 bits per heavy atom. The Balaban J connectivity index is 2.35. The molecule has 0 saturated carbocycles. The van der Waals surface area contributed by atoms with Gasteiger partial charge in [0.2, 0.25) is 0 Å². The van der Waals surface area contributed by atoms with Crippen LogP contribution in [0.3, 0.4) is 0 Å². The first kappa shape index (κ1) is 12.2. The predicted molar refractivity (Wildman–Crippen MR) is 77.3 cm³/mol. The number of halogens is 1. The molecule has 1 aromatic heterocycles. The Morgan fingerprint density at radius 3 is 2.95 bits per heavy atom. The van der Waals surface area contributed by atoms with Crippen LogP contribution in [0.15, 0.2) is 29.2 Å². The number of rotatable bonds is 1. The summed E-state index contributed by atoms with van der Waals surface area (Å²) in [6.45, 7) is 0.832. The SMILES string of the molecule is CN(C)C=C1CCn2c1nc(=O)c1c(Cl)cccc12. The number of aryl methyl sites for hydroxylation is 1. The molecule has 4 nitrogen and oxygen atoms in total. The molecule has 1 aromatic carbocycles. The first-order chi connectivity index (χ1) is 9.08. The second kappa shape index (κ2) is 4.38. The van der Waals surface area contributed by atoms with E-state index in [4.69, 9.17) is 11.6 Å². The first-order valence-corrected chi connectivity index (χ1v) is 6.52. The quantitative estimate of drug-likeness (QED) is 0.802. The van der Waals surface area contributed by atoms with Gasteiger partial charge in [-0.15, -0.1) is 0 Å². The average Bonchev–Trinajstić information content (AvgIpc) is 2.72. The second-order valence-electron chi connectivity index (χ2n) is 4.89. The smallest absolute Gasteiger partial charge is 0.282 e. The molecule has 0 unspecified atom stereocenters. The molecule has 0 bridgehead atoms. The Morgan fingerprint density at radius 1 is 1.42 bits per heavy atom. The molecule has 1 aliphatic heterocycles. The van der Waals surface area contributed by atoms with E-state index >= 15 is 0 Å². The first-order valence-electron chi connectivity index (χ1n) is 6.14. The highest BCUT2D eigenvalue weighted by Gasteiger charge is 2.21. The summed E-state index contributed by atoms with van der Waals surface area (Å²) in [4.78, 5) is 18.3. The molecule has 0 aliphatic carbocycles. The van der Waals surface area contributed by atoms with Crippen LogP contribution in [0.25, 0.3) is 16.5 Å². The number of hydrogen-bond donors (Lipinski definition) is 0. The van der Waals surface area contributed by atoms with Gasteiger partial charge in [0.05, 0.1) is 15.9 Å². The van der Waals surface area contributed by atoms with E-state index in [-0.39, 0.29) is 5.56 Å². The third kappa shape index (κ3) is 1.92. The summed E-state index contributed by atoms with van der Waals surface area (Å²) in [5.74, 6) is 0.758. The summed E-state index contributed by atoms with van der Waals surface area (Å²) in [5, 5.41) is 0.981. The Kier molecular flexibility index (Phi) is 2.82. The molecule has 0 fully saturated rings. The third-order valence-corrected chi connectivity index (χ3v) is 3.58. The highest BCUT2D eigenvalue weighted by molar-refractivity contribution is 6.35. The van der Waals surface area contributed by atoms with E-state index in [1.807, 2.05) is 37.3 Å². The Hall–Kier alpha value is -1.81. The fourth-order valence-electron chi connectivity index (χ4n) is 2.53. The van der Waals surface area contributed by atoms with Gasteiger partial charge in [-0.25, -0.2) is 0 Å². The van der Waals surface area contributed by atoms with Gasteiger partial charge in [0.25, 0.3) is 5.56 Å². The molecule has 3 rings (SSSR count). The van der Waals surface area contributed by atoms with Crippen molar-refractivity contribution in [2.75, 3.05) is 14.1 Å². The van der Waals surface area contributed by atoms with E-state index in [2.05, 4.69) is 9.55 Å². The lowest BCUT2D eigenvalue weighted by Crippen LogP contribution is -2.15. The van der Waals surface area contributed by atoms with E-state index in [0.29, 0.717) is 10.4 Å². The molecule has 0 amide bonds. The van der Waals surface area contributed by atoms with E-state index in [0.717, 1.165) is 29.9 Å². The van der Waals surface area contributed by atoms with Gasteiger partial charge < -0.3 is 9.47 Å². The molecule has 2 aromatic rings. The van der Waals surface area contributed by atoms with E-state index in [1.165, 1.54) is 0 Å². The molecular weight excluding hydrogens is 262 g/mol. The van der Waals surface area contributed by atoms with Crippen molar-refractivity contribution in [3.05, 3.63) is 45.6 Å². The zero-order valence-corrected chi connectivity index (χ0v) is 11.6. The number of nitrogens with zero attached hydrogens (tertiary/aromatic N) is 3. The number of fused-ring (bicyclic) bond motifs is 3. The van der Waals surface area contributed by atoms with Crippen LogP contribution in [0.1, 0.15) is 12.2 Å². The maximum Gasteiger partial charge on any atom is 0.282 e. The van der Waals surface area contributed by atoms with E-state index < -0.39 is 0 Å². The van der Waals surface area contributed by atoms with Crippen LogP contribution in [-0.4, -0.2) is 28.5 Å². The van der Waals surface area contributed by atoms with Crippen molar-refractivity contribution in [2.24, 2.45) is 0 Å². The standard InChI is InChI=1S/C14H14ClN3O/c1-17(2)8-9-6-7-18-11-5-3-4-10(15)12(11)14(19)16-13(9)18/h3-5,8H,6-7H2,1-2H3. The van der Waals surface area contributed by atoms with Gasteiger partial charge in [0.1, 0.15) is 5.82 Å². The minimum atomic E-state index is -0.251. The maximum atomic E-state index is 12.1. The minimum absolute atomic E-state index is 0.251. The van der Waals surface area contributed by atoms with E-state index in [9.17, 15) is 4.79 Å². The molecule has 19 heavy (non-hydrogen) atoms. The van der Waals surface area contributed by atoms with Crippen LogP contribution in [0.5, 0.6) is 0 Å². The number of benzene rings is 1. The average molecular weight is 276 g/mol. The van der Waals surface area contributed by atoms with Crippen LogP contribution >= 0.6 is 11.6 Å². The summed E-state index contributed by atoms with van der Waals surface area (Å²) in [6.07, 6.45) is 2.90. The normalized spacial score (nSPS) is 16.1. The Bertz CT molecular complexity index is 746. The maximum absolute atomic E-state index is 12.1. The summed E-state index contributed by atoms with van der Waals surface area (Å²) >= 11 is 6.11. The van der Waals surface area contributed by atoms with Crippen molar-refractivity contribution in [3.63, 3.8) is 0 Å². The van der Waals surface area contributed by atoms with Gasteiger partial charge >= 0.3 is 0 Å². The molecule has 0 N–H and O–H groups in total. The fourth-order valence-corrected chi connectivity index (χ4v) is 2.78. The van der Waals surface area contributed by atoms with Gasteiger partial charge in [-0.3, -0.25) is 4.79 Å². The van der Waals surface area contributed by atoms with Gasteiger partial charge in [0.15, 0.2) is 0 Å². The molecule has 1 aliphatic rings. The minimum Gasteiger partial charge on any atom is -0.383 e. The summed E-state index contributed by atoms with van der Waals surface area (Å²) in [5.41, 5.74) is 1.70. The molecule has 0 spiro atoms. The number of allylic oxidation sites excluding steroid dienone is 1. The largest absolute Gasteiger partial charge is 0.383 e. The van der Waals surface area contributed by atoms with Crippen molar-refractivity contribution in [1.29, 1.82) is 0 Å². The lowest BCUT2D eigenvalue weighted by Gasteiger charge is -2.10. The topological polar surface area (TPSA) is 38.1 Å². The molecule has 2 heterocycles. The van der Waals surface area contributed by atoms with Crippen LogP contribution in [0.4, 0.5) is 0 Å². The zero-order chi connectivity index (χ0) is 13.6. The Labute approximate surface area is 115 Å². The summed E-state index contributed by atoms with van der Waals surface area (Å²) < 4.78 is 2.07. The van der Waals surface area contributed by atoms with Crippen molar-refractivity contribution in [3.8, 4) is 0 Å². The van der Waals surface area contributed by atoms with Crippen molar-refractivity contribution in [1.82, 2.24) is 14.5 Å². The molecule has 0 saturated heterocycles. The monoisotopic (exact) mass is 275 g/mol. The molecular formula is C14H14ClN3O. The predicted octanol–water partition coefficient (Wildman–Crippen LogP) is 2.36. The van der Waals surface area contributed by atoms with Crippen LogP contribution < -0.4 is 5.56 Å². The zero-order valence-electron chi connectivity index (χ0n) is 10.9. The fraction of sp³-hybridized carbons (Fsp3) is 0.286. The third-order valence-electron chi connectivity index (χ3n) is 3.27. The lowest BCUT2D eigenvalue weighted by molar-refractivity contribution is 0.564. The lowest BCUT2D eigenvalue weighted by atomic mass is 10.2. The summed E-state index contributed by atoms with van der Waals surface area (Å²) in [7, 11) is 3.93. The second-order valence-corrected chi connectivity index (χ2v) is 5.30. The molecule has 0 radical (unpaired) electrons. The van der Waals surface area contributed by atoms with Crippen LogP contribution in [0.2, 0.25) is 5.02 Å². The highest BCUT2D eigenvalue weighted by atomic mass is 35.5. The summed E-state index contributed by atoms with van der Waals surface area (Å²) in [6, 6.07) is 5.52. The molecule has 98 valence electrons. The van der Waals surface area contributed by atoms with Crippen molar-refractivity contribution >= 4 is 28.1 Å². The van der Waals surface area contributed by atoms with Gasteiger partial charge in [-0.1, -0.05) is 17.7 Å². The number of hydrogen-bond acceptors (Lipinski definition) is 3. The van der Waals surface area contributed by atoms with Crippen LogP contribution in [0, 0.1) is 0 Å². The van der Waals surface area contributed by atoms with Gasteiger partial charge in [0, 0.05) is 32.4 Å². The van der Waals surface area contributed by atoms with Crippen molar-refractivity contribution in [2.45, 2.75) is 13.0 Å². The van der Waals surface area contributed by atoms with Gasteiger partial charge in [-0.2, -0.15) is 4.98 Å². The molecule has 0 atom stereocenters. The van der Waals surface area contributed by atoms with Gasteiger partial charge in [-0.05, 0) is 18.6 Å². The van der Waals surface area contributed by atoms with Crippen LogP contribution in [-0.2, 0) is 6.54 Å².